The third-order valence-corrected chi connectivity index (χ3v) is 7.69. The highest BCUT2D eigenvalue weighted by molar-refractivity contribution is 5.86. The average Bonchev–Trinajstić information content (AvgIpc) is 2.92. The summed E-state index contributed by atoms with van der Waals surface area (Å²) in [6, 6.07) is 4.34. The molecule has 1 aromatic carbocycles. The molecule has 2 aliphatic rings. The second kappa shape index (κ2) is 14.1. The lowest BCUT2D eigenvalue weighted by atomic mass is 9.84. The maximum absolute atomic E-state index is 12.1. The molecule has 3 rings (SSSR count). The summed E-state index contributed by atoms with van der Waals surface area (Å²) in [4.78, 5) is 17.1. The minimum atomic E-state index is 0.125. The average molecular weight is 501 g/mol. The van der Waals surface area contributed by atoms with Gasteiger partial charge in [-0.1, -0.05) is 38.5 Å². The summed E-state index contributed by atoms with van der Waals surface area (Å²) in [6.07, 6.45) is 14.9. The maximum atomic E-state index is 12.1. The van der Waals surface area contributed by atoms with Crippen molar-refractivity contribution in [3.63, 3.8) is 0 Å². The molecule has 0 amide bonds. The molecule has 1 N–H and O–H groups in total. The number of allylic oxidation sites excluding steroid dienone is 1. The second-order valence-electron chi connectivity index (χ2n) is 10.1. The number of nitrogens with one attached hydrogen (secondary N) is 1. The fraction of sp³-hybridized carbons (Fsp3) is 0.655. The Labute approximate surface area is 216 Å². The van der Waals surface area contributed by atoms with Gasteiger partial charge in [0.05, 0.1) is 27.4 Å². The molecule has 2 fully saturated rings. The zero-order valence-electron chi connectivity index (χ0n) is 22.7. The van der Waals surface area contributed by atoms with E-state index >= 15 is 0 Å². The Bertz CT molecular complexity index is 876. The van der Waals surface area contributed by atoms with E-state index in [2.05, 4.69) is 19.2 Å². The van der Waals surface area contributed by atoms with Crippen LogP contribution in [0.5, 0.6) is 17.2 Å². The van der Waals surface area contributed by atoms with Gasteiger partial charge in [0.15, 0.2) is 23.5 Å². The van der Waals surface area contributed by atoms with Gasteiger partial charge in [-0.2, -0.15) is 0 Å². The van der Waals surface area contributed by atoms with Crippen molar-refractivity contribution in [2.45, 2.75) is 90.1 Å². The molecule has 7 heteroatoms. The van der Waals surface area contributed by atoms with Crippen LogP contribution in [0.15, 0.2) is 22.9 Å². The van der Waals surface area contributed by atoms with Crippen molar-refractivity contribution in [3.8, 4) is 17.2 Å². The minimum absolute atomic E-state index is 0.125. The van der Waals surface area contributed by atoms with Crippen LogP contribution in [0.25, 0.3) is 6.08 Å². The summed E-state index contributed by atoms with van der Waals surface area (Å²) in [6.45, 7) is 4.36. The predicted octanol–water partition coefficient (Wildman–Crippen LogP) is 6.15. The van der Waals surface area contributed by atoms with Crippen LogP contribution >= 0.6 is 0 Å². The Morgan fingerprint density at radius 3 is 1.94 bits per heavy atom. The van der Waals surface area contributed by atoms with Crippen molar-refractivity contribution in [2.75, 3.05) is 21.3 Å². The third kappa shape index (κ3) is 7.65. The lowest BCUT2D eigenvalue weighted by Gasteiger charge is -2.30. The van der Waals surface area contributed by atoms with Gasteiger partial charge in [0.1, 0.15) is 0 Å². The van der Waals surface area contributed by atoms with Crippen molar-refractivity contribution in [1.29, 1.82) is 0 Å². The summed E-state index contributed by atoms with van der Waals surface area (Å²) in [7, 11) is 4.69. The van der Waals surface area contributed by atoms with E-state index in [9.17, 15) is 4.79 Å². The van der Waals surface area contributed by atoms with E-state index in [-0.39, 0.29) is 17.8 Å². The van der Waals surface area contributed by atoms with Crippen LogP contribution in [-0.2, 0) is 9.53 Å². The largest absolute Gasteiger partial charge is 0.493 e. The van der Waals surface area contributed by atoms with Crippen molar-refractivity contribution in [3.05, 3.63) is 23.5 Å². The number of hydrogen-bond acceptors (Lipinski definition) is 6. The van der Waals surface area contributed by atoms with Crippen LogP contribution in [0.4, 0.5) is 0 Å². The quantitative estimate of drug-likeness (QED) is 0.136. The number of carbonyl (C=O) groups is 1. The first-order valence-electron chi connectivity index (χ1n) is 13.5. The Morgan fingerprint density at radius 1 is 0.889 bits per heavy atom. The zero-order valence-corrected chi connectivity index (χ0v) is 22.7. The van der Waals surface area contributed by atoms with Crippen LogP contribution in [-0.4, -0.2) is 45.7 Å². The van der Waals surface area contributed by atoms with Gasteiger partial charge in [-0.25, -0.2) is 4.99 Å². The van der Waals surface area contributed by atoms with Gasteiger partial charge in [-0.3, -0.25) is 4.79 Å². The van der Waals surface area contributed by atoms with Gasteiger partial charge in [0.25, 0.3) is 6.02 Å². The fourth-order valence-electron chi connectivity index (χ4n) is 5.49. The molecule has 0 aromatic heterocycles. The lowest BCUT2D eigenvalue weighted by molar-refractivity contribution is -0.106. The van der Waals surface area contributed by atoms with Gasteiger partial charge >= 0.3 is 0 Å². The number of nitrogens with zero attached hydrogens (tertiary/aromatic N) is 1. The summed E-state index contributed by atoms with van der Waals surface area (Å²) < 4.78 is 22.5. The molecule has 0 heterocycles. The molecule has 200 valence electrons. The highest BCUT2D eigenvalue weighted by atomic mass is 16.5. The molecule has 0 saturated heterocycles. The summed E-state index contributed by atoms with van der Waals surface area (Å²) in [5, 5.41) is 3.53. The van der Waals surface area contributed by atoms with Gasteiger partial charge in [0, 0.05) is 6.04 Å². The smallest absolute Gasteiger partial charge is 0.290 e. The van der Waals surface area contributed by atoms with Crippen LogP contribution in [0.3, 0.4) is 0 Å². The molecule has 2 saturated carbocycles. The molecule has 36 heavy (non-hydrogen) atoms. The number of amidine groups is 1. The first kappa shape index (κ1) is 27.9. The highest BCUT2D eigenvalue weighted by Crippen LogP contribution is 2.38. The fourth-order valence-corrected chi connectivity index (χ4v) is 5.49. The number of benzene rings is 1. The molecular formula is C29H44N2O5. The van der Waals surface area contributed by atoms with E-state index in [0.717, 1.165) is 6.29 Å². The van der Waals surface area contributed by atoms with Crippen LogP contribution in [0, 0.1) is 11.8 Å². The SMILES string of the molecule is COc1cc(/C=C(\C=O)O/C(=N/C(C)C2CCCCC2)NC(C)C2CCCCC2)cc(OC)c1OC. The third-order valence-electron chi connectivity index (χ3n) is 7.69. The van der Waals surface area contributed by atoms with E-state index in [1.54, 1.807) is 39.5 Å². The molecule has 0 aliphatic heterocycles. The monoisotopic (exact) mass is 500 g/mol. The molecule has 0 radical (unpaired) electrons. The molecule has 2 unspecified atom stereocenters. The van der Waals surface area contributed by atoms with Crippen molar-refractivity contribution in [1.82, 2.24) is 5.32 Å². The number of methoxy groups -OCH3 is 3. The van der Waals surface area contributed by atoms with Crippen LogP contribution < -0.4 is 19.5 Å². The lowest BCUT2D eigenvalue weighted by Crippen LogP contribution is -2.41. The minimum Gasteiger partial charge on any atom is -0.493 e. The second-order valence-corrected chi connectivity index (χ2v) is 10.1. The molecule has 2 aliphatic carbocycles. The van der Waals surface area contributed by atoms with Crippen molar-refractivity contribution < 1.29 is 23.7 Å². The first-order chi connectivity index (χ1) is 17.5. The number of rotatable bonds is 10. The summed E-state index contributed by atoms with van der Waals surface area (Å²) >= 11 is 0. The van der Waals surface area contributed by atoms with Gasteiger partial charge in [-0.15, -0.1) is 0 Å². The summed E-state index contributed by atoms with van der Waals surface area (Å²) in [5.74, 6) is 2.81. The van der Waals surface area contributed by atoms with Crippen molar-refractivity contribution >= 4 is 18.4 Å². The zero-order chi connectivity index (χ0) is 25.9. The number of carbonyl (C=O) groups excluding carboxylic acids is 1. The standard InChI is InChI=1S/C29H44N2O5/c1-20(23-12-8-6-9-13-23)30-29(31-21(2)24-14-10-7-11-15-24)36-25(19-32)16-22-17-26(33-3)28(35-5)27(18-22)34-4/h16-21,23-24H,6-15H2,1-5H3,(H,30,31)/b25-16+. The van der Waals surface area contributed by atoms with E-state index in [0.29, 0.717) is 40.7 Å². The van der Waals surface area contributed by atoms with E-state index < -0.39 is 0 Å². The van der Waals surface area contributed by atoms with Crippen LogP contribution in [0.2, 0.25) is 0 Å². The van der Waals surface area contributed by atoms with E-state index in [1.165, 1.54) is 64.2 Å². The Balaban J connectivity index is 1.86. The van der Waals surface area contributed by atoms with Gasteiger partial charge < -0.3 is 24.3 Å². The Hall–Kier alpha value is -2.70. The van der Waals surface area contributed by atoms with Crippen molar-refractivity contribution in [2.24, 2.45) is 16.8 Å². The predicted molar refractivity (Wildman–Crippen MR) is 144 cm³/mol. The molecular weight excluding hydrogens is 456 g/mol. The van der Waals surface area contributed by atoms with Gasteiger partial charge in [-0.05, 0) is 75.1 Å². The molecule has 7 nitrogen and oxygen atoms in total. The van der Waals surface area contributed by atoms with Gasteiger partial charge in [0.2, 0.25) is 5.75 Å². The number of hydrogen-bond donors (Lipinski definition) is 1. The highest BCUT2D eigenvalue weighted by Gasteiger charge is 2.24. The first-order valence-corrected chi connectivity index (χ1v) is 13.5. The van der Waals surface area contributed by atoms with E-state index in [4.69, 9.17) is 23.9 Å². The van der Waals surface area contributed by atoms with Crippen LogP contribution in [0.1, 0.15) is 83.6 Å². The topological polar surface area (TPSA) is 78.4 Å². The molecule has 0 bridgehead atoms. The normalized spacial score (nSPS) is 19.8. The summed E-state index contributed by atoms with van der Waals surface area (Å²) in [5.41, 5.74) is 0.701. The molecule has 1 aromatic rings. The number of ether oxygens (including phenoxy) is 4. The number of aldehydes is 1. The Kier molecular flexibility index (Phi) is 11.0. The Morgan fingerprint density at radius 2 is 1.44 bits per heavy atom. The number of aliphatic imine (C=N–C) groups is 1. The molecule has 0 spiro atoms. The van der Waals surface area contributed by atoms with E-state index in [1.807, 2.05) is 0 Å². The molecule has 2 atom stereocenters. The maximum Gasteiger partial charge on any atom is 0.290 e.